The molecule has 0 radical (unpaired) electrons. The monoisotopic (exact) mass is 353 g/mol. The van der Waals surface area contributed by atoms with Gasteiger partial charge in [-0.1, -0.05) is 36.4 Å². The van der Waals surface area contributed by atoms with E-state index in [9.17, 15) is 14.9 Å². The van der Waals surface area contributed by atoms with Crippen LogP contribution in [0.1, 0.15) is 26.4 Å². The normalized spacial score (nSPS) is 10.4. The molecule has 0 fully saturated rings. The molecule has 0 aliphatic heterocycles. The van der Waals surface area contributed by atoms with E-state index in [1.54, 1.807) is 25.3 Å². The van der Waals surface area contributed by atoms with Gasteiger partial charge in [0.25, 0.3) is 11.6 Å². The van der Waals surface area contributed by atoms with Gasteiger partial charge in [0.2, 0.25) is 0 Å². The van der Waals surface area contributed by atoms with Crippen molar-refractivity contribution in [1.82, 2.24) is 4.98 Å². The fourth-order valence-corrected chi connectivity index (χ4v) is 3.20. The number of carbonyl (C=O) groups excluding carboxylic acids is 1. The second kappa shape index (κ2) is 7.23. The lowest BCUT2D eigenvalue weighted by Gasteiger charge is -2.03. The number of nitro benzene ring substituents is 1. The fourth-order valence-electron chi connectivity index (χ4n) is 2.36. The van der Waals surface area contributed by atoms with Crippen molar-refractivity contribution in [2.75, 3.05) is 5.32 Å². The van der Waals surface area contributed by atoms with Crippen LogP contribution in [-0.2, 0) is 6.42 Å². The van der Waals surface area contributed by atoms with Crippen molar-refractivity contribution < 1.29 is 9.72 Å². The van der Waals surface area contributed by atoms with E-state index < -0.39 is 10.8 Å². The topological polar surface area (TPSA) is 85.1 Å². The number of aromatic nitrogens is 1. The molecule has 0 unspecified atom stereocenters. The zero-order chi connectivity index (χ0) is 17.8. The third-order valence-corrected chi connectivity index (χ3v) is 4.58. The Bertz CT molecular complexity index is 922. The first-order chi connectivity index (χ1) is 12.0. The van der Waals surface area contributed by atoms with Gasteiger partial charge in [0.15, 0.2) is 5.13 Å². The predicted octanol–water partition coefficient (Wildman–Crippen LogP) is 4.20. The van der Waals surface area contributed by atoms with E-state index >= 15 is 0 Å². The number of nitro groups is 1. The number of thiazole rings is 1. The minimum absolute atomic E-state index is 0.0726. The Morgan fingerprint density at radius 3 is 2.72 bits per heavy atom. The summed E-state index contributed by atoms with van der Waals surface area (Å²) in [6.07, 6.45) is 2.47. The lowest BCUT2D eigenvalue weighted by molar-refractivity contribution is -0.385. The van der Waals surface area contributed by atoms with Crippen molar-refractivity contribution in [3.63, 3.8) is 0 Å². The molecular weight excluding hydrogens is 338 g/mol. The summed E-state index contributed by atoms with van der Waals surface area (Å²) < 4.78 is 0. The number of benzene rings is 2. The van der Waals surface area contributed by atoms with Gasteiger partial charge in [-0.05, 0) is 18.6 Å². The number of nitrogens with zero attached hydrogens (tertiary/aromatic N) is 2. The SMILES string of the molecule is Cc1ccc(C(=O)Nc2ncc(Cc3ccccc3)s2)cc1[N+](=O)[O-]. The summed E-state index contributed by atoms with van der Waals surface area (Å²) in [5, 5.41) is 14.2. The van der Waals surface area contributed by atoms with Crippen molar-refractivity contribution in [3.05, 3.63) is 86.4 Å². The van der Waals surface area contributed by atoms with Crippen LogP contribution in [0.5, 0.6) is 0 Å². The molecule has 1 N–H and O–H groups in total. The second-order valence-corrected chi connectivity index (χ2v) is 6.62. The Morgan fingerprint density at radius 1 is 1.24 bits per heavy atom. The molecule has 0 spiro atoms. The van der Waals surface area contributed by atoms with Crippen LogP contribution in [0.2, 0.25) is 0 Å². The number of hydrogen-bond acceptors (Lipinski definition) is 5. The van der Waals surface area contributed by atoms with Gasteiger partial charge in [0.1, 0.15) is 0 Å². The molecule has 0 saturated carbocycles. The molecular formula is C18H15N3O3S. The quantitative estimate of drug-likeness (QED) is 0.550. The summed E-state index contributed by atoms with van der Waals surface area (Å²) in [4.78, 5) is 28.0. The summed E-state index contributed by atoms with van der Waals surface area (Å²) in [5.74, 6) is -0.413. The first-order valence-corrected chi connectivity index (χ1v) is 8.39. The molecule has 6 nitrogen and oxygen atoms in total. The number of nitrogens with one attached hydrogen (secondary N) is 1. The first-order valence-electron chi connectivity index (χ1n) is 7.58. The highest BCUT2D eigenvalue weighted by molar-refractivity contribution is 7.15. The van der Waals surface area contributed by atoms with Crippen molar-refractivity contribution in [1.29, 1.82) is 0 Å². The number of carbonyl (C=O) groups is 1. The molecule has 1 heterocycles. The van der Waals surface area contributed by atoms with Gasteiger partial charge in [-0.3, -0.25) is 20.2 Å². The van der Waals surface area contributed by atoms with E-state index in [4.69, 9.17) is 0 Å². The van der Waals surface area contributed by atoms with Crippen molar-refractivity contribution in [2.24, 2.45) is 0 Å². The lowest BCUT2D eigenvalue weighted by Crippen LogP contribution is -2.12. The number of hydrogen-bond donors (Lipinski definition) is 1. The van der Waals surface area contributed by atoms with Crippen LogP contribution < -0.4 is 5.32 Å². The summed E-state index contributed by atoms with van der Waals surface area (Å²) in [5.41, 5.74) is 1.84. The van der Waals surface area contributed by atoms with Crippen molar-refractivity contribution in [3.8, 4) is 0 Å². The summed E-state index contributed by atoms with van der Waals surface area (Å²) >= 11 is 1.39. The molecule has 0 aliphatic carbocycles. The Balaban J connectivity index is 1.71. The Hall–Kier alpha value is -3.06. The minimum atomic E-state index is -0.493. The molecule has 0 bridgehead atoms. The van der Waals surface area contributed by atoms with E-state index in [1.165, 1.54) is 17.4 Å². The first kappa shape index (κ1) is 16.8. The second-order valence-electron chi connectivity index (χ2n) is 5.51. The molecule has 7 heteroatoms. The Labute approximate surface area is 148 Å². The van der Waals surface area contributed by atoms with Crippen LogP contribution in [0.3, 0.4) is 0 Å². The van der Waals surface area contributed by atoms with E-state index in [1.807, 2.05) is 30.3 Å². The van der Waals surface area contributed by atoms with Crippen molar-refractivity contribution >= 4 is 28.1 Å². The number of amides is 1. The van der Waals surface area contributed by atoms with Crippen LogP contribution in [-0.4, -0.2) is 15.8 Å². The van der Waals surface area contributed by atoms with E-state index in [2.05, 4.69) is 10.3 Å². The van der Waals surface area contributed by atoms with Gasteiger partial charge in [0.05, 0.1) is 4.92 Å². The highest BCUT2D eigenvalue weighted by Gasteiger charge is 2.16. The lowest BCUT2D eigenvalue weighted by atomic mass is 10.1. The molecule has 25 heavy (non-hydrogen) atoms. The maximum atomic E-state index is 12.3. The average Bonchev–Trinajstić information content (AvgIpc) is 3.02. The van der Waals surface area contributed by atoms with Crippen LogP contribution in [0.15, 0.2) is 54.7 Å². The third kappa shape index (κ3) is 4.07. The smallest absolute Gasteiger partial charge is 0.273 e. The molecule has 1 aromatic heterocycles. The largest absolute Gasteiger partial charge is 0.298 e. The maximum absolute atomic E-state index is 12.3. The zero-order valence-corrected chi connectivity index (χ0v) is 14.2. The third-order valence-electron chi connectivity index (χ3n) is 3.66. The van der Waals surface area contributed by atoms with Crippen LogP contribution in [0, 0.1) is 17.0 Å². The highest BCUT2D eigenvalue weighted by Crippen LogP contribution is 2.23. The van der Waals surface area contributed by atoms with E-state index in [0.717, 1.165) is 16.9 Å². The standard InChI is InChI=1S/C18H15N3O3S/c1-12-7-8-14(10-16(12)21(23)24)17(22)20-18-19-11-15(25-18)9-13-5-3-2-4-6-13/h2-8,10-11H,9H2,1H3,(H,19,20,22). The Morgan fingerprint density at radius 2 is 2.00 bits per heavy atom. The summed E-state index contributed by atoms with van der Waals surface area (Å²) in [7, 11) is 0. The molecule has 2 aromatic carbocycles. The summed E-state index contributed by atoms with van der Waals surface area (Å²) in [6.45, 7) is 1.64. The molecule has 3 aromatic rings. The van der Waals surface area contributed by atoms with Crippen LogP contribution in [0.4, 0.5) is 10.8 Å². The van der Waals surface area contributed by atoms with Crippen LogP contribution in [0.25, 0.3) is 0 Å². The van der Waals surface area contributed by atoms with E-state index in [-0.39, 0.29) is 11.3 Å². The molecule has 1 amide bonds. The minimum Gasteiger partial charge on any atom is -0.298 e. The molecule has 3 rings (SSSR count). The number of rotatable bonds is 5. The van der Waals surface area contributed by atoms with Gasteiger partial charge in [-0.25, -0.2) is 4.98 Å². The van der Waals surface area contributed by atoms with Gasteiger partial charge in [-0.2, -0.15) is 0 Å². The van der Waals surface area contributed by atoms with Gasteiger partial charge in [0, 0.05) is 34.7 Å². The molecule has 0 saturated heterocycles. The maximum Gasteiger partial charge on any atom is 0.273 e. The average molecular weight is 353 g/mol. The number of aryl methyl sites for hydroxylation is 1. The van der Waals surface area contributed by atoms with Crippen LogP contribution >= 0.6 is 11.3 Å². The van der Waals surface area contributed by atoms with Gasteiger partial charge >= 0.3 is 0 Å². The summed E-state index contributed by atoms with van der Waals surface area (Å²) in [6, 6.07) is 14.4. The zero-order valence-electron chi connectivity index (χ0n) is 13.4. The fraction of sp³-hybridized carbons (Fsp3) is 0.111. The molecule has 126 valence electrons. The molecule has 0 atom stereocenters. The van der Waals surface area contributed by atoms with Gasteiger partial charge in [-0.15, -0.1) is 11.3 Å². The van der Waals surface area contributed by atoms with E-state index in [0.29, 0.717) is 10.7 Å². The number of anilines is 1. The predicted molar refractivity (Wildman–Crippen MR) is 97.1 cm³/mol. The molecule has 0 aliphatic rings. The van der Waals surface area contributed by atoms with Gasteiger partial charge < -0.3 is 0 Å². The van der Waals surface area contributed by atoms with Crippen molar-refractivity contribution in [2.45, 2.75) is 13.3 Å². The highest BCUT2D eigenvalue weighted by atomic mass is 32.1. The Kier molecular flexibility index (Phi) is 4.85.